The van der Waals surface area contributed by atoms with Crippen LogP contribution in [0.25, 0.3) is 0 Å². The third-order valence-electron chi connectivity index (χ3n) is 5.65. The van der Waals surface area contributed by atoms with Gasteiger partial charge in [-0.1, -0.05) is 52.0 Å². The molecule has 0 bridgehead atoms. The highest BCUT2D eigenvalue weighted by atomic mass is 16.5. The molecule has 0 radical (unpaired) electrons. The van der Waals surface area contributed by atoms with Crippen LogP contribution in [-0.4, -0.2) is 52.1 Å². The van der Waals surface area contributed by atoms with Gasteiger partial charge in [0.15, 0.2) is 5.78 Å². The van der Waals surface area contributed by atoms with Crippen LogP contribution in [0.15, 0.2) is 11.6 Å². The van der Waals surface area contributed by atoms with Crippen LogP contribution in [0.5, 0.6) is 0 Å². The Bertz CT molecular complexity index is 461. The molecular weight excluding hydrogens is 320 g/mol. The summed E-state index contributed by atoms with van der Waals surface area (Å²) in [5.41, 5.74) is 0.492. The number of carbonyl (C=O) groups is 1. The molecule has 5 nitrogen and oxygen atoms in total. The lowest BCUT2D eigenvalue weighted by molar-refractivity contribution is -0.178. The smallest absolute Gasteiger partial charge is 0.161 e. The van der Waals surface area contributed by atoms with E-state index in [1.165, 1.54) is 12.8 Å². The van der Waals surface area contributed by atoms with Crippen LogP contribution in [0.4, 0.5) is 0 Å². The minimum absolute atomic E-state index is 0.0156. The summed E-state index contributed by atoms with van der Waals surface area (Å²) in [6.07, 6.45) is 5.86. The standard InChI is InChI=1S/C20H34O5/c1-3-5-7-9-14-11-16(21)15(10-13(14)8-6-4-2)20-19(24)18(23)17(22)12-25-20/h10,13-14,17-20,22-24H,3-9,11-12H2,1-2H3/t13?,14?,17-,18?,19-,20+/m1/s1. The van der Waals surface area contributed by atoms with Crippen LogP contribution < -0.4 is 0 Å². The van der Waals surface area contributed by atoms with E-state index in [0.717, 1.165) is 32.1 Å². The summed E-state index contributed by atoms with van der Waals surface area (Å²) in [4.78, 5) is 12.7. The summed E-state index contributed by atoms with van der Waals surface area (Å²) in [5.74, 6) is 0.705. The molecule has 0 aromatic rings. The number of ether oxygens (including phenoxy) is 1. The molecule has 0 aromatic carbocycles. The average molecular weight is 354 g/mol. The molecule has 1 aliphatic carbocycles. The largest absolute Gasteiger partial charge is 0.388 e. The van der Waals surface area contributed by atoms with E-state index in [4.69, 9.17) is 4.74 Å². The van der Waals surface area contributed by atoms with Crippen LogP contribution in [0.3, 0.4) is 0 Å². The molecule has 1 aliphatic heterocycles. The predicted molar refractivity (Wildman–Crippen MR) is 96.1 cm³/mol. The normalized spacial score (nSPS) is 36.4. The van der Waals surface area contributed by atoms with Gasteiger partial charge in [0.1, 0.15) is 24.4 Å². The van der Waals surface area contributed by atoms with Gasteiger partial charge in [0.05, 0.1) is 6.61 Å². The van der Waals surface area contributed by atoms with E-state index in [9.17, 15) is 20.1 Å². The van der Waals surface area contributed by atoms with Gasteiger partial charge < -0.3 is 20.1 Å². The molecule has 0 spiro atoms. The SMILES string of the molecule is CCCCCC1CC(=O)C([C@@H]2OC[C@@H](O)C(O)[C@H]2O)=CC1CCCC. The van der Waals surface area contributed by atoms with Crippen molar-refractivity contribution in [3.8, 4) is 0 Å². The zero-order chi connectivity index (χ0) is 18.4. The average Bonchev–Trinajstić information content (AvgIpc) is 2.60. The molecular formula is C20H34O5. The zero-order valence-electron chi connectivity index (χ0n) is 15.6. The summed E-state index contributed by atoms with van der Waals surface area (Å²) >= 11 is 0. The molecule has 1 saturated heterocycles. The third kappa shape index (κ3) is 5.13. The number of aliphatic hydroxyl groups is 3. The van der Waals surface area contributed by atoms with E-state index >= 15 is 0 Å². The van der Waals surface area contributed by atoms with E-state index in [0.29, 0.717) is 23.8 Å². The molecule has 1 heterocycles. The van der Waals surface area contributed by atoms with Gasteiger partial charge in [0.25, 0.3) is 0 Å². The Balaban J connectivity index is 2.14. The van der Waals surface area contributed by atoms with Crippen LogP contribution in [-0.2, 0) is 9.53 Å². The van der Waals surface area contributed by atoms with Gasteiger partial charge in [0.2, 0.25) is 0 Å². The van der Waals surface area contributed by atoms with E-state index in [-0.39, 0.29) is 12.4 Å². The van der Waals surface area contributed by atoms with Crippen molar-refractivity contribution in [2.45, 2.75) is 89.6 Å². The van der Waals surface area contributed by atoms with Crippen LogP contribution >= 0.6 is 0 Å². The minimum Gasteiger partial charge on any atom is -0.388 e. The number of ketones is 1. The lowest BCUT2D eigenvalue weighted by Crippen LogP contribution is -2.54. The van der Waals surface area contributed by atoms with Crippen molar-refractivity contribution < 1.29 is 24.9 Å². The van der Waals surface area contributed by atoms with Gasteiger partial charge in [-0.25, -0.2) is 0 Å². The van der Waals surface area contributed by atoms with Gasteiger partial charge in [0, 0.05) is 12.0 Å². The Hall–Kier alpha value is -0.750. The Morgan fingerprint density at radius 3 is 2.44 bits per heavy atom. The summed E-state index contributed by atoms with van der Waals surface area (Å²) in [6, 6.07) is 0. The maximum absolute atomic E-state index is 12.7. The lowest BCUT2D eigenvalue weighted by Gasteiger charge is -2.39. The molecule has 144 valence electrons. The van der Waals surface area contributed by atoms with Crippen molar-refractivity contribution in [1.82, 2.24) is 0 Å². The third-order valence-corrected chi connectivity index (χ3v) is 5.65. The molecule has 25 heavy (non-hydrogen) atoms. The van der Waals surface area contributed by atoms with Crippen molar-refractivity contribution in [3.63, 3.8) is 0 Å². The quantitative estimate of drug-likeness (QED) is 0.583. The molecule has 2 aliphatic rings. The van der Waals surface area contributed by atoms with Crippen molar-refractivity contribution in [1.29, 1.82) is 0 Å². The minimum atomic E-state index is -1.27. The van der Waals surface area contributed by atoms with Gasteiger partial charge >= 0.3 is 0 Å². The first-order valence-electron chi connectivity index (χ1n) is 9.90. The molecule has 0 amide bonds. The highest BCUT2D eigenvalue weighted by Crippen LogP contribution is 2.37. The number of carbonyl (C=O) groups excluding carboxylic acids is 1. The number of allylic oxidation sites excluding steroid dienone is 1. The number of Topliss-reactive ketones (excluding diaryl/α,β-unsaturated/α-hetero) is 1. The van der Waals surface area contributed by atoms with Crippen LogP contribution in [0.2, 0.25) is 0 Å². The van der Waals surface area contributed by atoms with Crippen LogP contribution in [0.1, 0.15) is 65.2 Å². The molecule has 2 rings (SSSR count). The van der Waals surface area contributed by atoms with Gasteiger partial charge in [-0.05, 0) is 24.7 Å². The Labute approximate surface area is 151 Å². The fourth-order valence-electron chi connectivity index (χ4n) is 4.03. The maximum atomic E-state index is 12.7. The van der Waals surface area contributed by atoms with Crippen molar-refractivity contribution >= 4 is 5.78 Å². The Kier molecular flexibility index (Phi) is 8.07. The molecule has 6 atom stereocenters. The second-order valence-electron chi connectivity index (χ2n) is 7.61. The van der Waals surface area contributed by atoms with Crippen LogP contribution in [0, 0.1) is 11.8 Å². The Morgan fingerprint density at radius 2 is 1.76 bits per heavy atom. The summed E-state index contributed by atoms with van der Waals surface area (Å²) in [5, 5.41) is 29.8. The molecule has 5 heteroatoms. The van der Waals surface area contributed by atoms with Gasteiger partial charge in [-0.2, -0.15) is 0 Å². The number of hydrogen-bond acceptors (Lipinski definition) is 5. The summed E-state index contributed by atoms with van der Waals surface area (Å²) in [7, 11) is 0. The maximum Gasteiger partial charge on any atom is 0.161 e. The number of unbranched alkanes of at least 4 members (excludes halogenated alkanes) is 3. The second-order valence-corrected chi connectivity index (χ2v) is 7.61. The molecule has 0 aromatic heterocycles. The van der Waals surface area contributed by atoms with E-state index < -0.39 is 24.4 Å². The highest BCUT2D eigenvalue weighted by molar-refractivity contribution is 5.97. The topological polar surface area (TPSA) is 87.0 Å². The first-order chi connectivity index (χ1) is 12.0. The summed E-state index contributed by atoms with van der Waals surface area (Å²) in [6.45, 7) is 4.28. The van der Waals surface area contributed by atoms with E-state index in [2.05, 4.69) is 13.8 Å². The predicted octanol–water partition coefficient (Wildman–Crippen LogP) is 2.37. The molecule has 0 saturated carbocycles. The van der Waals surface area contributed by atoms with E-state index in [1.54, 1.807) is 0 Å². The fourth-order valence-corrected chi connectivity index (χ4v) is 4.03. The number of hydrogen-bond donors (Lipinski definition) is 3. The molecule has 3 unspecified atom stereocenters. The monoisotopic (exact) mass is 354 g/mol. The second kappa shape index (κ2) is 9.81. The number of rotatable bonds is 8. The Morgan fingerprint density at radius 1 is 1.04 bits per heavy atom. The van der Waals surface area contributed by atoms with Crippen molar-refractivity contribution in [2.24, 2.45) is 11.8 Å². The van der Waals surface area contributed by atoms with Gasteiger partial charge in [-0.3, -0.25) is 4.79 Å². The summed E-state index contributed by atoms with van der Waals surface area (Å²) < 4.78 is 5.52. The first-order valence-corrected chi connectivity index (χ1v) is 9.90. The van der Waals surface area contributed by atoms with Crippen molar-refractivity contribution in [2.75, 3.05) is 6.61 Å². The number of aliphatic hydroxyl groups excluding tert-OH is 3. The van der Waals surface area contributed by atoms with Crippen molar-refractivity contribution in [3.05, 3.63) is 11.6 Å². The molecule has 1 fully saturated rings. The zero-order valence-corrected chi connectivity index (χ0v) is 15.6. The molecule has 3 N–H and O–H groups in total. The highest BCUT2D eigenvalue weighted by Gasteiger charge is 2.43. The lowest BCUT2D eigenvalue weighted by atomic mass is 9.73. The van der Waals surface area contributed by atoms with E-state index in [1.807, 2.05) is 6.08 Å². The first kappa shape index (κ1) is 20.6. The van der Waals surface area contributed by atoms with Gasteiger partial charge in [-0.15, -0.1) is 0 Å². The fraction of sp³-hybridized carbons (Fsp3) is 0.850.